The Morgan fingerprint density at radius 1 is 1.50 bits per heavy atom. The topological polar surface area (TPSA) is 50.4 Å². The molecule has 104 valence electrons. The smallest absolute Gasteiger partial charge is 0.227 e. The van der Waals surface area contributed by atoms with Crippen LogP contribution in [0, 0.1) is 5.41 Å². The Morgan fingerprint density at radius 2 is 2.39 bits per heavy atom. The van der Waals surface area contributed by atoms with Gasteiger partial charge in [-0.25, -0.2) is 0 Å². The van der Waals surface area contributed by atoms with Crippen LogP contribution in [-0.4, -0.2) is 38.3 Å². The molecule has 2 atom stereocenters. The van der Waals surface area contributed by atoms with Gasteiger partial charge in [0.05, 0.1) is 18.1 Å². The summed E-state index contributed by atoms with van der Waals surface area (Å²) in [6.45, 7) is 5.56. The quantitative estimate of drug-likeness (QED) is 0.798. The molecule has 1 amide bonds. The first-order valence-corrected chi connectivity index (χ1v) is 7.36. The van der Waals surface area contributed by atoms with Crippen molar-refractivity contribution in [2.75, 3.05) is 26.3 Å². The zero-order valence-electron chi connectivity index (χ0n) is 11.5. The Labute approximate surface area is 110 Å². The van der Waals surface area contributed by atoms with E-state index >= 15 is 0 Å². The molecule has 0 bridgehead atoms. The first kappa shape index (κ1) is 13.8. The summed E-state index contributed by atoms with van der Waals surface area (Å²) in [6, 6.07) is 0.224. The summed E-state index contributed by atoms with van der Waals surface area (Å²) in [4.78, 5) is 12.6. The van der Waals surface area contributed by atoms with Crippen molar-refractivity contribution in [2.24, 2.45) is 5.41 Å². The molecule has 0 saturated carbocycles. The van der Waals surface area contributed by atoms with Gasteiger partial charge >= 0.3 is 0 Å². The van der Waals surface area contributed by atoms with Gasteiger partial charge in [-0.1, -0.05) is 13.3 Å². The van der Waals surface area contributed by atoms with E-state index in [1.165, 1.54) is 0 Å². The van der Waals surface area contributed by atoms with Crippen molar-refractivity contribution in [1.29, 1.82) is 0 Å². The number of piperidine rings is 1. The molecule has 2 aliphatic heterocycles. The van der Waals surface area contributed by atoms with Crippen LogP contribution in [-0.2, 0) is 9.53 Å². The lowest BCUT2D eigenvalue weighted by Crippen LogP contribution is -2.54. The lowest BCUT2D eigenvalue weighted by Gasteiger charge is -2.38. The minimum atomic E-state index is -0.176. The molecule has 0 aromatic carbocycles. The molecule has 2 saturated heterocycles. The van der Waals surface area contributed by atoms with Gasteiger partial charge in [-0.2, -0.15) is 0 Å². The molecule has 2 fully saturated rings. The highest BCUT2D eigenvalue weighted by Gasteiger charge is 2.39. The molecule has 18 heavy (non-hydrogen) atoms. The molecule has 2 aliphatic rings. The first-order chi connectivity index (χ1) is 8.77. The van der Waals surface area contributed by atoms with E-state index in [-0.39, 0.29) is 17.4 Å². The van der Waals surface area contributed by atoms with Gasteiger partial charge in [-0.15, -0.1) is 0 Å². The van der Waals surface area contributed by atoms with Crippen molar-refractivity contribution in [2.45, 2.75) is 51.5 Å². The first-order valence-electron chi connectivity index (χ1n) is 7.36. The Kier molecular flexibility index (Phi) is 5.01. The number of nitrogens with one attached hydrogen (secondary N) is 2. The van der Waals surface area contributed by atoms with Gasteiger partial charge in [0.25, 0.3) is 0 Å². The molecule has 0 aliphatic carbocycles. The molecular formula is C14H26N2O2. The summed E-state index contributed by atoms with van der Waals surface area (Å²) in [5.74, 6) is 0.243. The van der Waals surface area contributed by atoms with Gasteiger partial charge in [0, 0.05) is 13.2 Å². The van der Waals surface area contributed by atoms with Crippen molar-refractivity contribution in [3.8, 4) is 0 Å². The number of hydrogen-bond donors (Lipinski definition) is 2. The van der Waals surface area contributed by atoms with Crippen LogP contribution in [0.4, 0.5) is 0 Å². The van der Waals surface area contributed by atoms with E-state index in [0.717, 1.165) is 58.2 Å². The highest BCUT2D eigenvalue weighted by molar-refractivity contribution is 5.83. The maximum atomic E-state index is 12.6. The number of carbonyl (C=O) groups is 1. The fourth-order valence-corrected chi connectivity index (χ4v) is 3.16. The SMILES string of the molecule is CCCC1(C(=O)NC2CCCOC2)CCCNC1. The van der Waals surface area contributed by atoms with Gasteiger partial charge in [0.15, 0.2) is 0 Å². The molecule has 2 N–H and O–H groups in total. The Hall–Kier alpha value is -0.610. The predicted octanol–water partition coefficient (Wildman–Crippen LogP) is 1.45. The number of ether oxygens (including phenoxy) is 1. The number of rotatable bonds is 4. The van der Waals surface area contributed by atoms with E-state index < -0.39 is 0 Å². The molecular weight excluding hydrogens is 228 g/mol. The normalized spacial score (nSPS) is 33.1. The van der Waals surface area contributed by atoms with E-state index in [4.69, 9.17) is 4.74 Å². The second-order valence-electron chi connectivity index (χ2n) is 5.70. The van der Waals surface area contributed by atoms with Gasteiger partial charge in [0.1, 0.15) is 0 Å². The molecule has 0 aromatic heterocycles. The Balaban J connectivity index is 1.94. The van der Waals surface area contributed by atoms with Gasteiger partial charge in [-0.05, 0) is 38.6 Å². The summed E-state index contributed by atoms with van der Waals surface area (Å²) in [7, 11) is 0. The van der Waals surface area contributed by atoms with E-state index in [1.54, 1.807) is 0 Å². The van der Waals surface area contributed by atoms with Gasteiger partial charge in [0.2, 0.25) is 5.91 Å². The molecule has 0 spiro atoms. The Bertz CT molecular complexity index is 263. The largest absolute Gasteiger partial charge is 0.379 e. The van der Waals surface area contributed by atoms with Gasteiger partial charge in [-0.3, -0.25) is 4.79 Å². The van der Waals surface area contributed by atoms with Crippen LogP contribution in [0.15, 0.2) is 0 Å². The number of amides is 1. The predicted molar refractivity (Wildman–Crippen MR) is 71.4 cm³/mol. The highest BCUT2D eigenvalue weighted by Crippen LogP contribution is 2.32. The molecule has 2 unspecified atom stereocenters. The van der Waals surface area contributed by atoms with Crippen LogP contribution in [0.3, 0.4) is 0 Å². The zero-order valence-corrected chi connectivity index (χ0v) is 11.5. The second-order valence-corrected chi connectivity index (χ2v) is 5.70. The van der Waals surface area contributed by atoms with Crippen LogP contribution >= 0.6 is 0 Å². The molecule has 0 radical (unpaired) electrons. The summed E-state index contributed by atoms with van der Waals surface area (Å²) < 4.78 is 5.43. The van der Waals surface area contributed by atoms with Crippen molar-refractivity contribution < 1.29 is 9.53 Å². The van der Waals surface area contributed by atoms with Crippen molar-refractivity contribution >= 4 is 5.91 Å². The average Bonchev–Trinajstić information content (AvgIpc) is 2.41. The third kappa shape index (κ3) is 3.23. The minimum absolute atomic E-state index is 0.176. The summed E-state index contributed by atoms with van der Waals surface area (Å²) in [5.41, 5.74) is -0.176. The number of carbonyl (C=O) groups excluding carboxylic acids is 1. The summed E-state index contributed by atoms with van der Waals surface area (Å²) >= 11 is 0. The van der Waals surface area contributed by atoms with Crippen LogP contribution in [0.1, 0.15) is 45.4 Å². The molecule has 4 heteroatoms. The van der Waals surface area contributed by atoms with E-state index in [9.17, 15) is 4.79 Å². The Morgan fingerprint density at radius 3 is 3.00 bits per heavy atom. The minimum Gasteiger partial charge on any atom is -0.379 e. The summed E-state index contributed by atoms with van der Waals surface area (Å²) in [6.07, 6.45) is 6.29. The maximum absolute atomic E-state index is 12.6. The molecule has 0 aromatic rings. The average molecular weight is 254 g/mol. The monoisotopic (exact) mass is 254 g/mol. The van der Waals surface area contributed by atoms with Crippen LogP contribution < -0.4 is 10.6 Å². The van der Waals surface area contributed by atoms with Crippen LogP contribution in [0.25, 0.3) is 0 Å². The molecule has 4 nitrogen and oxygen atoms in total. The number of hydrogen-bond acceptors (Lipinski definition) is 3. The second kappa shape index (κ2) is 6.53. The van der Waals surface area contributed by atoms with Gasteiger partial charge < -0.3 is 15.4 Å². The van der Waals surface area contributed by atoms with Crippen molar-refractivity contribution in [3.63, 3.8) is 0 Å². The van der Waals surface area contributed by atoms with E-state index in [0.29, 0.717) is 6.61 Å². The van der Waals surface area contributed by atoms with E-state index in [1.807, 2.05) is 0 Å². The van der Waals surface area contributed by atoms with Crippen molar-refractivity contribution in [3.05, 3.63) is 0 Å². The summed E-state index contributed by atoms with van der Waals surface area (Å²) in [5, 5.41) is 6.60. The van der Waals surface area contributed by atoms with Crippen LogP contribution in [0.2, 0.25) is 0 Å². The zero-order chi connectivity index (χ0) is 12.8. The third-order valence-corrected chi connectivity index (χ3v) is 4.18. The highest BCUT2D eigenvalue weighted by atomic mass is 16.5. The fraction of sp³-hybridized carbons (Fsp3) is 0.929. The maximum Gasteiger partial charge on any atom is 0.227 e. The fourth-order valence-electron chi connectivity index (χ4n) is 3.16. The standard InChI is InChI=1S/C14H26N2O2/c1-2-6-14(7-4-8-15-11-14)13(17)16-12-5-3-9-18-10-12/h12,15H,2-11H2,1H3,(H,16,17). The molecule has 2 heterocycles. The van der Waals surface area contributed by atoms with Crippen molar-refractivity contribution in [1.82, 2.24) is 10.6 Å². The van der Waals surface area contributed by atoms with Crippen LogP contribution in [0.5, 0.6) is 0 Å². The molecule has 2 rings (SSSR count). The third-order valence-electron chi connectivity index (χ3n) is 4.18. The lowest BCUT2D eigenvalue weighted by molar-refractivity contribution is -0.134. The lowest BCUT2D eigenvalue weighted by atomic mass is 9.76. The van der Waals surface area contributed by atoms with E-state index in [2.05, 4.69) is 17.6 Å².